The van der Waals surface area contributed by atoms with Gasteiger partial charge in [-0.25, -0.2) is 0 Å². The van der Waals surface area contributed by atoms with E-state index in [1.54, 1.807) is 0 Å². The molecule has 0 spiro atoms. The number of thiophene rings is 1. The van der Waals surface area contributed by atoms with Crippen molar-refractivity contribution >= 4 is 34.1 Å². The summed E-state index contributed by atoms with van der Waals surface area (Å²) in [4.78, 5) is 26.5. The molecule has 2 aromatic heterocycles. The Morgan fingerprint density at radius 1 is 1.24 bits per heavy atom. The lowest BCUT2D eigenvalue weighted by Crippen LogP contribution is -2.41. The quantitative estimate of drug-likeness (QED) is 0.619. The number of carbonyl (C=O) groups excluding carboxylic acids is 2. The third kappa shape index (κ3) is 3.02. The van der Waals surface area contributed by atoms with Gasteiger partial charge >= 0.3 is 0 Å². The Bertz CT molecular complexity index is 959. The van der Waals surface area contributed by atoms with E-state index in [9.17, 15) is 9.59 Å². The van der Waals surface area contributed by atoms with E-state index in [2.05, 4.69) is 28.0 Å². The zero-order chi connectivity index (χ0) is 17.4. The minimum atomic E-state index is -0.444. The zero-order valence-corrected chi connectivity index (χ0v) is 14.6. The molecule has 0 unspecified atom stereocenters. The van der Waals surface area contributed by atoms with Crippen molar-refractivity contribution < 1.29 is 9.59 Å². The lowest BCUT2D eigenvalue weighted by atomic mass is 9.90. The second-order valence-corrected chi connectivity index (χ2v) is 7.57. The van der Waals surface area contributed by atoms with Crippen LogP contribution in [0.5, 0.6) is 0 Å². The van der Waals surface area contributed by atoms with Crippen LogP contribution in [0.2, 0.25) is 0 Å². The third-order valence-corrected chi connectivity index (χ3v) is 5.76. The van der Waals surface area contributed by atoms with Gasteiger partial charge in [0.1, 0.15) is 0 Å². The largest absolute Gasteiger partial charge is 0.290 e. The van der Waals surface area contributed by atoms with E-state index in [-0.39, 0.29) is 11.6 Å². The van der Waals surface area contributed by atoms with Crippen LogP contribution in [0.3, 0.4) is 0 Å². The van der Waals surface area contributed by atoms with Crippen molar-refractivity contribution in [2.75, 3.05) is 0 Å². The number of hydrazine groups is 1. The van der Waals surface area contributed by atoms with Gasteiger partial charge in [-0.3, -0.25) is 25.5 Å². The van der Waals surface area contributed by atoms with Gasteiger partial charge in [0.2, 0.25) is 0 Å². The van der Waals surface area contributed by atoms with Gasteiger partial charge in [0.15, 0.2) is 5.69 Å². The van der Waals surface area contributed by atoms with Gasteiger partial charge in [-0.05, 0) is 42.9 Å². The summed E-state index contributed by atoms with van der Waals surface area (Å²) in [6, 6.07) is 9.30. The van der Waals surface area contributed by atoms with Crippen molar-refractivity contribution in [3.05, 3.63) is 51.3 Å². The third-order valence-electron chi connectivity index (χ3n) is 4.53. The fourth-order valence-electron chi connectivity index (χ4n) is 3.19. The fraction of sp³-hybridized carbons (Fsp3) is 0.278. The molecular formula is C18H18N4O2S. The molecule has 2 heterocycles. The summed E-state index contributed by atoms with van der Waals surface area (Å²) in [6.45, 7) is 2.23. The molecule has 1 aliphatic rings. The molecule has 3 N–H and O–H groups in total. The molecule has 7 heteroatoms. The maximum Gasteiger partial charge on any atom is 0.290 e. The molecule has 25 heavy (non-hydrogen) atoms. The molecule has 0 saturated carbocycles. The Kier molecular flexibility index (Phi) is 4.01. The molecule has 1 aromatic carbocycles. The number of hydrogen-bond acceptors (Lipinski definition) is 4. The Morgan fingerprint density at radius 3 is 2.92 bits per heavy atom. The van der Waals surface area contributed by atoms with Gasteiger partial charge in [-0.1, -0.05) is 25.1 Å². The first kappa shape index (κ1) is 15.8. The lowest BCUT2D eigenvalue weighted by Gasteiger charge is -2.16. The average Bonchev–Trinajstić information content (AvgIpc) is 3.23. The molecular weight excluding hydrogens is 336 g/mol. The number of fused-ring (bicyclic) bond motifs is 2. The minimum absolute atomic E-state index is 0.259. The molecule has 0 radical (unpaired) electrons. The maximum absolute atomic E-state index is 12.3. The number of carbonyl (C=O) groups is 2. The van der Waals surface area contributed by atoms with Crippen LogP contribution in [-0.4, -0.2) is 22.0 Å². The molecule has 6 nitrogen and oxygen atoms in total. The smallest absolute Gasteiger partial charge is 0.277 e. The zero-order valence-electron chi connectivity index (χ0n) is 13.8. The first-order valence-electron chi connectivity index (χ1n) is 8.27. The second kappa shape index (κ2) is 6.33. The molecule has 1 atom stereocenters. The minimum Gasteiger partial charge on any atom is -0.277 e. The van der Waals surface area contributed by atoms with Crippen molar-refractivity contribution in [2.45, 2.75) is 26.2 Å². The number of benzene rings is 1. The van der Waals surface area contributed by atoms with Crippen molar-refractivity contribution in [2.24, 2.45) is 5.92 Å². The lowest BCUT2D eigenvalue weighted by molar-refractivity contribution is 0.0847. The van der Waals surface area contributed by atoms with Crippen LogP contribution in [0.25, 0.3) is 10.9 Å². The summed E-state index contributed by atoms with van der Waals surface area (Å²) in [5.41, 5.74) is 7.24. The average molecular weight is 354 g/mol. The van der Waals surface area contributed by atoms with Crippen LogP contribution in [0.4, 0.5) is 0 Å². The van der Waals surface area contributed by atoms with E-state index in [1.807, 2.05) is 30.3 Å². The van der Waals surface area contributed by atoms with Crippen molar-refractivity contribution in [3.63, 3.8) is 0 Å². The highest BCUT2D eigenvalue weighted by Crippen LogP contribution is 2.32. The Hall–Kier alpha value is -2.67. The summed E-state index contributed by atoms with van der Waals surface area (Å²) < 4.78 is 0. The van der Waals surface area contributed by atoms with E-state index >= 15 is 0 Å². The maximum atomic E-state index is 12.3. The van der Waals surface area contributed by atoms with E-state index in [1.165, 1.54) is 21.8 Å². The first-order valence-corrected chi connectivity index (χ1v) is 9.09. The van der Waals surface area contributed by atoms with Crippen LogP contribution >= 0.6 is 11.3 Å². The number of nitrogens with zero attached hydrogens (tertiary/aromatic N) is 1. The number of aromatic nitrogens is 2. The second-order valence-electron chi connectivity index (χ2n) is 6.43. The summed E-state index contributed by atoms with van der Waals surface area (Å²) >= 11 is 1.51. The fourth-order valence-corrected chi connectivity index (χ4v) is 4.29. The van der Waals surface area contributed by atoms with Gasteiger partial charge in [-0.2, -0.15) is 5.10 Å². The Labute approximate surface area is 148 Å². The molecule has 1 aliphatic carbocycles. The number of H-pyrrole nitrogens is 1. The van der Waals surface area contributed by atoms with E-state index in [0.29, 0.717) is 10.8 Å². The Morgan fingerprint density at radius 2 is 2.04 bits per heavy atom. The highest BCUT2D eigenvalue weighted by molar-refractivity contribution is 7.14. The number of aromatic amines is 1. The highest BCUT2D eigenvalue weighted by atomic mass is 32.1. The molecule has 0 bridgehead atoms. The molecule has 0 aliphatic heterocycles. The van der Waals surface area contributed by atoms with Gasteiger partial charge in [0.25, 0.3) is 11.8 Å². The standard InChI is InChI=1S/C18H18N4O2S/c1-10-6-7-14-11(8-10)9-15(25-14)17(23)21-22-18(24)16-12-4-2-3-5-13(12)19-20-16/h2-5,9-10H,6-8H2,1H3,(H,19,20)(H,21,23)(H,22,24)/t10-/m1/s1. The molecule has 128 valence electrons. The number of aryl methyl sites for hydroxylation is 1. The monoisotopic (exact) mass is 354 g/mol. The van der Waals surface area contributed by atoms with Crippen LogP contribution in [-0.2, 0) is 12.8 Å². The van der Waals surface area contributed by atoms with Gasteiger partial charge in [0, 0.05) is 10.3 Å². The SMILES string of the molecule is C[C@@H]1CCc2sc(C(=O)NNC(=O)c3n[nH]c4ccccc34)cc2C1. The van der Waals surface area contributed by atoms with E-state index < -0.39 is 5.91 Å². The van der Waals surface area contributed by atoms with E-state index in [0.717, 1.165) is 30.2 Å². The number of para-hydroxylation sites is 1. The van der Waals surface area contributed by atoms with Crippen LogP contribution in [0.1, 0.15) is 43.9 Å². The number of nitrogens with one attached hydrogen (secondary N) is 3. The summed E-state index contributed by atoms with van der Waals surface area (Å²) in [6.07, 6.45) is 3.21. The normalized spacial score (nSPS) is 16.4. The van der Waals surface area contributed by atoms with Crippen molar-refractivity contribution in [1.29, 1.82) is 0 Å². The topological polar surface area (TPSA) is 86.9 Å². The number of hydrogen-bond donors (Lipinski definition) is 3. The number of rotatable bonds is 2. The highest BCUT2D eigenvalue weighted by Gasteiger charge is 2.21. The molecule has 2 amide bonds. The molecule has 4 rings (SSSR count). The molecule has 0 fully saturated rings. The summed E-state index contributed by atoms with van der Waals surface area (Å²) in [5, 5.41) is 7.54. The predicted octanol–water partition coefficient (Wildman–Crippen LogP) is 2.82. The van der Waals surface area contributed by atoms with Crippen LogP contribution < -0.4 is 10.9 Å². The first-order chi connectivity index (χ1) is 12.1. The summed E-state index contributed by atoms with van der Waals surface area (Å²) in [5.74, 6) is -0.0772. The van der Waals surface area contributed by atoms with Gasteiger partial charge < -0.3 is 0 Å². The number of amides is 2. The van der Waals surface area contributed by atoms with E-state index in [4.69, 9.17) is 0 Å². The van der Waals surface area contributed by atoms with Crippen molar-refractivity contribution in [3.8, 4) is 0 Å². The molecule has 3 aromatic rings. The van der Waals surface area contributed by atoms with Crippen LogP contribution in [0, 0.1) is 5.92 Å². The van der Waals surface area contributed by atoms with Crippen LogP contribution in [0.15, 0.2) is 30.3 Å². The van der Waals surface area contributed by atoms with Crippen molar-refractivity contribution in [1.82, 2.24) is 21.0 Å². The molecule has 0 saturated heterocycles. The van der Waals surface area contributed by atoms with Gasteiger partial charge in [-0.15, -0.1) is 11.3 Å². The Balaban J connectivity index is 1.44. The summed E-state index contributed by atoms with van der Waals surface area (Å²) in [7, 11) is 0. The van der Waals surface area contributed by atoms with Gasteiger partial charge in [0.05, 0.1) is 10.4 Å². The predicted molar refractivity (Wildman–Crippen MR) is 96.5 cm³/mol.